The second-order valence-electron chi connectivity index (χ2n) is 9.03. The Morgan fingerprint density at radius 1 is 1.05 bits per heavy atom. The van der Waals surface area contributed by atoms with Gasteiger partial charge in [0, 0.05) is 0 Å². The summed E-state index contributed by atoms with van der Waals surface area (Å²) in [6.07, 6.45) is 1.50. The van der Waals surface area contributed by atoms with Gasteiger partial charge < -0.3 is 13.9 Å². The summed E-state index contributed by atoms with van der Waals surface area (Å²) in [5.41, 5.74) is 1.99. The fourth-order valence-corrected chi connectivity index (χ4v) is 5.40. The highest BCUT2D eigenvalue weighted by atomic mass is 79.9. The number of para-hydroxylation sites is 1. The largest absolute Gasteiger partial charge is 0.496 e. The zero-order chi connectivity index (χ0) is 28.5. The van der Waals surface area contributed by atoms with E-state index in [0.717, 1.165) is 5.39 Å². The van der Waals surface area contributed by atoms with E-state index in [0.29, 0.717) is 54.4 Å². The Morgan fingerprint density at radius 2 is 1.88 bits per heavy atom. The van der Waals surface area contributed by atoms with Gasteiger partial charge in [-0.15, -0.1) is 0 Å². The molecule has 41 heavy (non-hydrogen) atoms. The first-order valence-electron chi connectivity index (χ1n) is 12.4. The van der Waals surface area contributed by atoms with E-state index in [9.17, 15) is 9.18 Å². The number of furan rings is 1. The highest BCUT2D eigenvalue weighted by Crippen LogP contribution is 2.35. The second kappa shape index (κ2) is 11.2. The van der Waals surface area contributed by atoms with Gasteiger partial charge in [-0.2, -0.15) is 9.78 Å². The van der Waals surface area contributed by atoms with Crippen molar-refractivity contribution in [1.82, 2.24) is 9.66 Å². The first-order chi connectivity index (χ1) is 19.9. The molecule has 0 fully saturated rings. The molecule has 0 aliphatic heterocycles. The fourth-order valence-electron chi connectivity index (χ4n) is 4.41. The van der Waals surface area contributed by atoms with Gasteiger partial charge in [-0.1, -0.05) is 41.9 Å². The van der Waals surface area contributed by atoms with Crippen LogP contribution in [0.2, 0.25) is 5.02 Å². The van der Waals surface area contributed by atoms with Crippen LogP contribution >= 0.6 is 27.5 Å². The van der Waals surface area contributed by atoms with Gasteiger partial charge >= 0.3 is 0 Å². The molecule has 0 spiro atoms. The standard InChI is InChI=1S/C31H20BrClFN3O4/c1-39-26-10-5-11-27-22(26)15-28(41-27)30-36-25-9-3-2-8-21(25)31(38)37(30)35-16-19-13-23(32)29(24(33)14-19)40-17-18-6-4-7-20(34)12-18/h2-16H,17H2,1H3. The molecule has 10 heteroatoms. The number of ether oxygens (including phenoxy) is 2. The van der Waals surface area contributed by atoms with E-state index in [2.05, 4.69) is 21.0 Å². The summed E-state index contributed by atoms with van der Waals surface area (Å²) < 4.78 is 32.7. The van der Waals surface area contributed by atoms with Crippen LogP contribution in [-0.4, -0.2) is 23.0 Å². The summed E-state index contributed by atoms with van der Waals surface area (Å²) in [4.78, 5) is 18.3. The van der Waals surface area contributed by atoms with Crippen molar-refractivity contribution < 1.29 is 18.3 Å². The Hall–Kier alpha value is -4.47. The first-order valence-corrected chi connectivity index (χ1v) is 13.6. The Morgan fingerprint density at radius 3 is 2.68 bits per heavy atom. The molecule has 204 valence electrons. The molecule has 0 bridgehead atoms. The molecule has 4 aromatic carbocycles. The molecule has 0 aliphatic carbocycles. The Bertz CT molecular complexity index is 2000. The van der Waals surface area contributed by atoms with Gasteiger partial charge in [0.05, 0.1) is 39.1 Å². The molecule has 0 radical (unpaired) electrons. The van der Waals surface area contributed by atoms with Gasteiger partial charge in [0.15, 0.2) is 11.5 Å². The summed E-state index contributed by atoms with van der Waals surface area (Å²) in [5, 5.41) is 5.95. The van der Waals surface area contributed by atoms with E-state index in [4.69, 9.17) is 30.5 Å². The molecule has 2 aromatic heterocycles. The number of benzene rings is 4. The SMILES string of the molecule is COc1cccc2oc(-c3nc4ccccc4c(=O)n3N=Cc3cc(Cl)c(OCc4cccc(F)c4)c(Br)c3)cc12. The van der Waals surface area contributed by atoms with Gasteiger partial charge in [-0.3, -0.25) is 4.79 Å². The molecular formula is C31H20BrClFN3O4. The van der Waals surface area contributed by atoms with Crippen LogP contribution in [0.3, 0.4) is 0 Å². The third kappa shape index (κ3) is 5.33. The molecule has 6 aromatic rings. The lowest BCUT2D eigenvalue weighted by atomic mass is 10.2. The lowest BCUT2D eigenvalue weighted by Crippen LogP contribution is -2.20. The van der Waals surface area contributed by atoms with Gasteiger partial charge in [-0.25, -0.2) is 9.37 Å². The molecular weight excluding hydrogens is 613 g/mol. The number of aromatic nitrogens is 2. The average molecular weight is 633 g/mol. The topological polar surface area (TPSA) is 78.9 Å². The van der Waals surface area contributed by atoms with E-state index in [1.165, 1.54) is 23.0 Å². The van der Waals surface area contributed by atoms with E-state index in [1.54, 1.807) is 55.6 Å². The monoisotopic (exact) mass is 631 g/mol. The molecule has 0 saturated carbocycles. The van der Waals surface area contributed by atoms with Crippen molar-refractivity contribution in [2.24, 2.45) is 5.10 Å². The van der Waals surface area contributed by atoms with Crippen LogP contribution in [0.5, 0.6) is 11.5 Å². The van der Waals surface area contributed by atoms with E-state index in [1.807, 2.05) is 24.3 Å². The molecule has 0 atom stereocenters. The number of halogens is 3. The lowest BCUT2D eigenvalue weighted by molar-refractivity contribution is 0.304. The van der Waals surface area contributed by atoms with Crippen molar-refractivity contribution in [2.75, 3.05) is 7.11 Å². The van der Waals surface area contributed by atoms with Crippen LogP contribution in [0.1, 0.15) is 11.1 Å². The zero-order valence-electron chi connectivity index (χ0n) is 21.5. The third-order valence-electron chi connectivity index (χ3n) is 6.33. The number of fused-ring (bicyclic) bond motifs is 2. The number of nitrogens with zero attached hydrogens (tertiary/aromatic N) is 3. The minimum absolute atomic E-state index is 0.132. The quantitative estimate of drug-likeness (QED) is 0.168. The highest BCUT2D eigenvalue weighted by molar-refractivity contribution is 9.10. The maximum atomic E-state index is 13.6. The summed E-state index contributed by atoms with van der Waals surface area (Å²) in [5.74, 6) is 1.26. The summed E-state index contributed by atoms with van der Waals surface area (Å²) in [7, 11) is 1.58. The molecule has 7 nitrogen and oxygen atoms in total. The molecule has 6 rings (SSSR count). The molecule has 2 heterocycles. The molecule has 0 unspecified atom stereocenters. The molecule has 0 aliphatic rings. The molecule has 0 amide bonds. The Kier molecular flexibility index (Phi) is 7.30. The predicted octanol–water partition coefficient (Wildman–Crippen LogP) is 7.83. The minimum atomic E-state index is -0.366. The molecule has 0 saturated heterocycles. The average Bonchev–Trinajstić information content (AvgIpc) is 3.41. The predicted molar refractivity (Wildman–Crippen MR) is 161 cm³/mol. The zero-order valence-corrected chi connectivity index (χ0v) is 23.8. The highest BCUT2D eigenvalue weighted by Gasteiger charge is 2.18. The van der Waals surface area contributed by atoms with E-state index >= 15 is 0 Å². The van der Waals surface area contributed by atoms with Gasteiger partial charge in [0.2, 0.25) is 5.82 Å². The number of methoxy groups -OCH3 is 1. The van der Waals surface area contributed by atoms with Crippen LogP contribution in [0, 0.1) is 5.82 Å². The summed E-state index contributed by atoms with van der Waals surface area (Å²) >= 11 is 10.0. The van der Waals surface area contributed by atoms with Crippen molar-refractivity contribution in [1.29, 1.82) is 0 Å². The van der Waals surface area contributed by atoms with Crippen LogP contribution in [0.25, 0.3) is 33.5 Å². The van der Waals surface area contributed by atoms with Gasteiger partial charge in [-0.05, 0) is 81.7 Å². The van der Waals surface area contributed by atoms with Crippen LogP contribution in [0.4, 0.5) is 4.39 Å². The minimum Gasteiger partial charge on any atom is -0.496 e. The smallest absolute Gasteiger partial charge is 0.282 e. The second-order valence-corrected chi connectivity index (χ2v) is 10.3. The van der Waals surface area contributed by atoms with Crippen molar-refractivity contribution in [3.63, 3.8) is 0 Å². The van der Waals surface area contributed by atoms with Crippen LogP contribution in [-0.2, 0) is 6.61 Å². The Balaban J connectivity index is 1.39. The Labute approximate surface area is 246 Å². The number of hydrogen-bond acceptors (Lipinski definition) is 6. The summed E-state index contributed by atoms with van der Waals surface area (Å²) in [6.45, 7) is 0.132. The van der Waals surface area contributed by atoms with E-state index in [-0.39, 0.29) is 23.8 Å². The lowest BCUT2D eigenvalue weighted by Gasteiger charge is -2.11. The maximum Gasteiger partial charge on any atom is 0.282 e. The summed E-state index contributed by atoms with van der Waals surface area (Å²) in [6, 6.07) is 23.8. The van der Waals surface area contributed by atoms with Crippen molar-refractivity contribution in [3.05, 3.63) is 122 Å². The van der Waals surface area contributed by atoms with E-state index < -0.39 is 0 Å². The van der Waals surface area contributed by atoms with Gasteiger partial charge in [0.1, 0.15) is 23.8 Å². The van der Waals surface area contributed by atoms with Crippen molar-refractivity contribution >= 4 is 55.6 Å². The fraction of sp³-hybridized carbons (Fsp3) is 0.0645. The van der Waals surface area contributed by atoms with Crippen molar-refractivity contribution in [2.45, 2.75) is 6.61 Å². The normalized spacial score (nSPS) is 11.5. The van der Waals surface area contributed by atoms with Gasteiger partial charge in [0.25, 0.3) is 5.56 Å². The number of hydrogen-bond donors (Lipinski definition) is 0. The maximum absolute atomic E-state index is 13.6. The third-order valence-corrected chi connectivity index (χ3v) is 7.20. The number of rotatable bonds is 7. The first kappa shape index (κ1) is 26.7. The van der Waals surface area contributed by atoms with Crippen LogP contribution < -0.4 is 15.0 Å². The van der Waals surface area contributed by atoms with Crippen molar-refractivity contribution in [3.8, 4) is 23.1 Å². The van der Waals surface area contributed by atoms with Crippen LogP contribution in [0.15, 0.2) is 104 Å². The molecule has 0 N–H and O–H groups in total.